The van der Waals surface area contributed by atoms with Crippen molar-refractivity contribution in [1.29, 1.82) is 0 Å². The molecule has 0 unspecified atom stereocenters. The first kappa shape index (κ1) is 8.57. The van der Waals surface area contributed by atoms with E-state index in [9.17, 15) is 18.0 Å². The van der Waals surface area contributed by atoms with Crippen molar-refractivity contribution in [3.63, 3.8) is 0 Å². The molecule has 0 spiro atoms. The minimum absolute atomic E-state index is 0.447. The number of aromatic nitrogens is 1. The summed E-state index contributed by atoms with van der Waals surface area (Å²) in [6, 6.07) is 0.447. The van der Waals surface area contributed by atoms with Gasteiger partial charge in [0.1, 0.15) is 0 Å². The van der Waals surface area contributed by atoms with E-state index in [1.54, 1.807) is 0 Å². The largest absolute Gasteiger partial charge is 0.436 e. The molecule has 1 rings (SSSR count). The summed E-state index contributed by atoms with van der Waals surface area (Å²) >= 11 is 0. The van der Waals surface area contributed by atoms with Gasteiger partial charge in [0.15, 0.2) is 5.69 Å². The van der Waals surface area contributed by atoms with E-state index in [-0.39, 0.29) is 0 Å². The predicted molar refractivity (Wildman–Crippen MR) is 30.0 cm³/mol. The Balaban J connectivity index is 3.00. The van der Waals surface area contributed by atoms with E-state index >= 15 is 0 Å². The zero-order chi connectivity index (χ0) is 9.35. The Labute approximate surface area is 64.1 Å². The maximum atomic E-state index is 11.8. The number of carbonyl (C=O) groups is 1. The van der Waals surface area contributed by atoms with Crippen LogP contribution in [0.25, 0.3) is 0 Å². The van der Waals surface area contributed by atoms with Crippen molar-refractivity contribution >= 4 is 5.91 Å². The van der Waals surface area contributed by atoms with Crippen molar-refractivity contribution < 1.29 is 22.5 Å². The Morgan fingerprint density at radius 1 is 1.58 bits per heavy atom. The standard InChI is InChI=1S/C5H3F3N2O2/c6-5(7,8)3-1-2(4(9)11)12-10-3/h1H,(H2,9,11). The molecule has 0 radical (unpaired) electrons. The van der Waals surface area contributed by atoms with Crippen LogP contribution in [-0.2, 0) is 6.18 Å². The molecule has 0 fully saturated rings. The Kier molecular flexibility index (Phi) is 1.79. The molecule has 4 nitrogen and oxygen atoms in total. The molecule has 2 N–H and O–H groups in total. The van der Waals surface area contributed by atoms with Gasteiger partial charge >= 0.3 is 6.18 Å². The summed E-state index contributed by atoms with van der Waals surface area (Å²) in [5.41, 5.74) is 3.36. The van der Waals surface area contributed by atoms with Gasteiger partial charge in [-0.25, -0.2) is 0 Å². The minimum atomic E-state index is -4.61. The highest BCUT2D eigenvalue weighted by atomic mass is 19.4. The van der Waals surface area contributed by atoms with Crippen molar-refractivity contribution in [3.05, 3.63) is 17.5 Å². The molecule has 7 heteroatoms. The van der Waals surface area contributed by atoms with E-state index in [4.69, 9.17) is 0 Å². The van der Waals surface area contributed by atoms with Gasteiger partial charge in [0.05, 0.1) is 0 Å². The highest BCUT2D eigenvalue weighted by molar-refractivity contribution is 5.89. The summed E-state index contributed by atoms with van der Waals surface area (Å²) in [7, 11) is 0. The smallest absolute Gasteiger partial charge is 0.363 e. The normalized spacial score (nSPS) is 11.6. The van der Waals surface area contributed by atoms with E-state index in [1.165, 1.54) is 0 Å². The van der Waals surface area contributed by atoms with E-state index < -0.39 is 23.5 Å². The minimum Gasteiger partial charge on any atom is -0.363 e. The monoisotopic (exact) mass is 180 g/mol. The zero-order valence-electron chi connectivity index (χ0n) is 5.55. The van der Waals surface area contributed by atoms with Gasteiger partial charge in [0, 0.05) is 6.07 Å². The van der Waals surface area contributed by atoms with Gasteiger partial charge in [-0.15, -0.1) is 0 Å². The fraction of sp³-hybridized carbons (Fsp3) is 0.200. The zero-order valence-corrected chi connectivity index (χ0v) is 5.55. The van der Waals surface area contributed by atoms with Crippen LogP contribution in [0.2, 0.25) is 0 Å². The summed E-state index contributed by atoms with van der Waals surface area (Å²) in [5.74, 6) is -1.69. The lowest BCUT2D eigenvalue weighted by molar-refractivity contribution is -0.142. The highest BCUT2D eigenvalue weighted by Crippen LogP contribution is 2.28. The second-order valence-electron chi connectivity index (χ2n) is 1.94. The van der Waals surface area contributed by atoms with E-state index in [2.05, 4.69) is 15.4 Å². The number of halogens is 3. The average Bonchev–Trinajstić information content (AvgIpc) is 2.30. The summed E-state index contributed by atoms with van der Waals surface area (Å²) in [6.07, 6.45) is -4.61. The van der Waals surface area contributed by atoms with Crippen LogP contribution in [-0.4, -0.2) is 11.1 Å². The molecule has 0 aliphatic rings. The first-order chi connectivity index (χ1) is 5.41. The van der Waals surface area contributed by atoms with Crippen molar-refractivity contribution in [2.75, 3.05) is 0 Å². The van der Waals surface area contributed by atoms with Crippen LogP contribution in [0, 0.1) is 0 Å². The van der Waals surface area contributed by atoms with Gasteiger partial charge in [-0.05, 0) is 0 Å². The fourth-order valence-corrected chi connectivity index (χ4v) is 0.525. The quantitative estimate of drug-likeness (QED) is 0.694. The molecule has 0 aromatic carbocycles. The molecule has 0 aliphatic carbocycles. The van der Waals surface area contributed by atoms with Gasteiger partial charge < -0.3 is 10.3 Å². The Hall–Kier alpha value is -1.53. The van der Waals surface area contributed by atoms with Crippen molar-refractivity contribution in [2.24, 2.45) is 5.73 Å². The van der Waals surface area contributed by atoms with Crippen LogP contribution in [0.1, 0.15) is 16.2 Å². The average molecular weight is 180 g/mol. The van der Waals surface area contributed by atoms with E-state index in [1.807, 2.05) is 0 Å². The third-order valence-corrected chi connectivity index (χ3v) is 1.04. The number of alkyl halides is 3. The maximum absolute atomic E-state index is 11.8. The number of carbonyl (C=O) groups excluding carboxylic acids is 1. The van der Waals surface area contributed by atoms with Crippen LogP contribution >= 0.6 is 0 Å². The lowest BCUT2D eigenvalue weighted by atomic mass is 10.3. The van der Waals surface area contributed by atoms with Gasteiger partial charge in [-0.2, -0.15) is 13.2 Å². The predicted octanol–water partition coefficient (Wildman–Crippen LogP) is 0.792. The topological polar surface area (TPSA) is 69.1 Å². The Morgan fingerprint density at radius 3 is 2.42 bits per heavy atom. The van der Waals surface area contributed by atoms with Crippen LogP contribution in [0.3, 0.4) is 0 Å². The molecule has 0 saturated heterocycles. The number of primary amides is 1. The summed E-state index contributed by atoms with van der Waals surface area (Å²) in [6.45, 7) is 0. The maximum Gasteiger partial charge on any atom is 0.436 e. The lowest BCUT2D eigenvalue weighted by Gasteiger charge is -1.97. The van der Waals surface area contributed by atoms with Gasteiger partial charge in [-0.1, -0.05) is 5.16 Å². The van der Waals surface area contributed by atoms with Crippen molar-refractivity contribution in [3.8, 4) is 0 Å². The molecule has 1 heterocycles. The second kappa shape index (κ2) is 2.50. The summed E-state index contributed by atoms with van der Waals surface area (Å²) in [4.78, 5) is 10.3. The van der Waals surface area contributed by atoms with E-state index in [0.29, 0.717) is 6.07 Å². The number of hydrogen-bond donors (Lipinski definition) is 1. The van der Waals surface area contributed by atoms with Crippen molar-refractivity contribution in [2.45, 2.75) is 6.18 Å². The first-order valence-corrected chi connectivity index (χ1v) is 2.75. The molecule has 0 aliphatic heterocycles. The number of nitrogens with two attached hydrogens (primary N) is 1. The molecule has 1 amide bonds. The molecule has 0 saturated carbocycles. The SMILES string of the molecule is NC(=O)c1cc(C(F)(F)F)no1. The number of nitrogens with zero attached hydrogens (tertiary/aromatic N) is 1. The number of amides is 1. The molecule has 12 heavy (non-hydrogen) atoms. The van der Waals surface area contributed by atoms with Gasteiger partial charge in [-0.3, -0.25) is 4.79 Å². The Morgan fingerprint density at radius 2 is 2.17 bits per heavy atom. The lowest BCUT2D eigenvalue weighted by Crippen LogP contribution is -2.09. The molecule has 0 atom stereocenters. The van der Waals surface area contributed by atoms with Crippen LogP contribution in [0.5, 0.6) is 0 Å². The van der Waals surface area contributed by atoms with Crippen LogP contribution < -0.4 is 5.73 Å². The number of rotatable bonds is 1. The Bertz CT molecular complexity index is 304. The highest BCUT2D eigenvalue weighted by Gasteiger charge is 2.35. The number of hydrogen-bond acceptors (Lipinski definition) is 3. The first-order valence-electron chi connectivity index (χ1n) is 2.75. The van der Waals surface area contributed by atoms with Gasteiger partial charge in [0.25, 0.3) is 5.91 Å². The van der Waals surface area contributed by atoms with E-state index in [0.717, 1.165) is 0 Å². The molecule has 66 valence electrons. The second-order valence-corrected chi connectivity index (χ2v) is 1.94. The fourth-order valence-electron chi connectivity index (χ4n) is 0.525. The summed E-state index contributed by atoms with van der Waals surface area (Å²) in [5, 5.41) is 2.61. The molecule has 0 bridgehead atoms. The van der Waals surface area contributed by atoms with Crippen LogP contribution in [0.4, 0.5) is 13.2 Å². The third kappa shape index (κ3) is 1.55. The molecular weight excluding hydrogens is 177 g/mol. The molecule has 1 aromatic heterocycles. The van der Waals surface area contributed by atoms with Crippen molar-refractivity contribution in [1.82, 2.24) is 5.16 Å². The molecule has 1 aromatic rings. The van der Waals surface area contributed by atoms with Gasteiger partial charge in [0.2, 0.25) is 5.76 Å². The third-order valence-electron chi connectivity index (χ3n) is 1.04. The molecular formula is C5H3F3N2O2. The summed E-state index contributed by atoms with van der Waals surface area (Å²) < 4.78 is 39.4. The van der Waals surface area contributed by atoms with Crippen LogP contribution in [0.15, 0.2) is 10.6 Å².